The Labute approximate surface area is 209 Å². The molecule has 2 heterocycles. The van der Waals surface area contributed by atoms with Gasteiger partial charge in [-0.1, -0.05) is 38.1 Å². The highest BCUT2D eigenvalue weighted by atomic mass is 32.2. The van der Waals surface area contributed by atoms with Crippen molar-refractivity contribution in [2.45, 2.75) is 26.7 Å². The lowest BCUT2D eigenvalue weighted by Gasteiger charge is -2.20. The fraction of sp³-hybridized carbons (Fsp3) is 0.308. The zero-order valence-electron chi connectivity index (χ0n) is 20.0. The van der Waals surface area contributed by atoms with Crippen LogP contribution in [0.1, 0.15) is 32.3 Å². The van der Waals surface area contributed by atoms with E-state index >= 15 is 0 Å². The Morgan fingerprint density at radius 3 is 2.40 bits per heavy atom. The third kappa shape index (κ3) is 5.57. The predicted octanol–water partition coefficient (Wildman–Crippen LogP) is 5.21. The van der Waals surface area contributed by atoms with Crippen molar-refractivity contribution in [1.82, 2.24) is 5.01 Å². The molecule has 2 aliphatic rings. The number of carbonyl (C=O) groups excluding carboxylic acids is 1. The Morgan fingerprint density at radius 2 is 1.71 bits per heavy atom. The number of hydrogen-bond donors (Lipinski definition) is 1. The third-order valence-corrected chi connectivity index (χ3v) is 6.75. The highest BCUT2D eigenvalue weighted by Crippen LogP contribution is 2.33. The minimum absolute atomic E-state index is 0.0438. The number of para-hydroxylation sites is 2. The molecule has 0 saturated heterocycles. The fourth-order valence-electron chi connectivity index (χ4n) is 3.69. The van der Waals surface area contributed by atoms with Crippen molar-refractivity contribution in [3.05, 3.63) is 59.7 Å². The average molecular weight is 493 g/mol. The van der Waals surface area contributed by atoms with Gasteiger partial charge in [-0.2, -0.15) is 15.1 Å². The molecular formula is C26H28N4O4S. The monoisotopic (exact) mass is 492 g/mol. The highest BCUT2D eigenvalue weighted by molar-refractivity contribution is 8.27. The number of thioether (sulfide) groups is 1. The van der Waals surface area contributed by atoms with Crippen LogP contribution in [0.4, 0.5) is 0 Å². The standard InChI is InChI=1S/C26H28N4O4S/c1-4-18(5-2)25-29-30-23(27)20(24(31)28-26(30)35-25)16-17-10-12-19(13-11-17)33-14-15-34-22-9-7-6-8-21(22)32-3/h6-13,16,18,27H,4-5,14-15H2,1-3H3. The second-order valence-electron chi connectivity index (χ2n) is 7.89. The lowest BCUT2D eigenvalue weighted by molar-refractivity contribution is -0.114. The Bertz CT molecular complexity index is 1190. The predicted molar refractivity (Wildman–Crippen MR) is 140 cm³/mol. The van der Waals surface area contributed by atoms with Crippen LogP contribution in [0, 0.1) is 11.3 Å². The van der Waals surface area contributed by atoms with E-state index in [4.69, 9.17) is 19.6 Å². The summed E-state index contributed by atoms with van der Waals surface area (Å²) in [6.45, 7) is 4.95. The van der Waals surface area contributed by atoms with Crippen molar-refractivity contribution in [2.24, 2.45) is 16.0 Å². The van der Waals surface area contributed by atoms with E-state index in [-0.39, 0.29) is 11.4 Å². The van der Waals surface area contributed by atoms with Crippen LogP contribution in [0.15, 0.2) is 64.2 Å². The number of nitrogens with zero attached hydrogens (tertiary/aromatic N) is 3. The quantitative estimate of drug-likeness (QED) is 0.361. The van der Waals surface area contributed by atoms with E-state index in [0.717, 1.165) is 23.4 Å². The van der Waals surface area contributed by atoms with E-state index in [1.165, 1.54) is 16.8 Å². The molecule has 8 nitrogen and oxygen atoms in total. The van der Waals surface area contributed by atoms with Gasteiger partial charge in [-0.3, -0.25) is 10.2 Å². The number of methoxy groups -OCH3 is 1. The molecule has 0 fully saturated rings. The number of amidine groups is 2. The number of benzene rings is 2. The topological polar surface area (TPSA) is 96.6 Å². The largest absolute Gasteiger partial charge is 0.493 e. The normalized spacial score (nSPS) is 16.3. The Kier molecular flexibility index (Phi) is 7.87. The van der Waals surface area contributed by atoms with Crippen LogP contribution < -0.4 is 14.2 Å². The SMILES string of the molecule is CCC(CC)C1=NN2C(=N)C(=Cc3ccc(OCCOc4ccccc4OC)cc3)C(=O)N=C2S1. The maximum atomic E-state index is 12.6. The number of aliphatic imine (C=N–C) groups is 1. The van der Waals surface area contributed by atoms with Crippen LogP contribution in [0.2, 0.25) is 0 Å². The Morgan fingerprint density at radius 1 is 1.03 bits per heavy atom. The maximum absolute atomic E-state index is 12.6. The second kappa shape index (κ2) is 11.2. The fourth-order valence-corrected chi connectivity index (χ4v) is 4.84. The van der Waals surface area contributed by atoms with Crippen molar-refractivity contribution in [1.29, 1.82) is 5.41 Å². The lowest BCUT2D eigenvalue weighted by Crippen LogP contribution is -2.35. The Hall–Kier alpha value is -3.59. The molecule has 0 bridgehead atoms. The molecule has 1 N–H and O–H groups in total. The maximum Gasteiger partial charge on any atom is 0.283 e. The van der Waals surface area contributed by atoms with Gasteiger partial charge in [0.25, 0.3) is 5.91 Å². The summed E-state index contributed by atoms with van der Waals surface area (Å²) in [7, 11) is 1.60. The third-order valence-electron chi connectivity index (χ3n) is 5.67. The second-order valence-corrected chi connectivity index (χ2v) is 8.88. The molecule has 0 spiro atoms. The van der Waals surface area contributed by atoms with E-state index in [1.54, 1.807) is 13.2 Å². The summed E-state index contributed by atoms with van der Waals surface area (Å²) in [5, 5.41) is 15.9. The molecule has 0 aliphatic carbocycles. The van der Waals surface area contributed by atoms with Crippen molar-refractivity contribution in [3.63, 3.8) is 0 Å². The van der Waals surface area contributed by atoms with Crippen LogP contribution >= 0.6 is 11.8 Å². The molecule has 2 aromatic rings. The molecule has 0 saturated carbocycles. The smallest absolute Gasteiger partial charge is 0.283 e. The molecule has 4 rings (SSSR count). The van der Waals surface area contributed by atoms with Crippen molar-refractivity contribution >= 4 is 39.8 Å². The number of ether oxygens (including phenoxy) is 3. The molecule has 35 heavy (non-hydrogen) atoms. The number of hydrazone groups is 1. The molecule has 0 atom stereocenters. The number of rotatable bonds is 10. The van der Waals surface area contributed by atoms with Crippen molar-refractivity contribution < 1.29 is 19.0 Å². The van der Waals surface area contributed by atoms with Crippen LogP contribution in [-0.4, -0.2) is 47.3 Å². The molecule has 1 amide bonds. The van der Waals surface area contributed by atoms with E-state index in [1.807, 2.05) is 48.5 Å². The first-order chi connectivity index (χ1) is 17.0. The number of nitrogens with one attached hydrogen (secondary N) is 1. The van der Waals surface area contributed by atoms with Gasteiger partial charge in [-0.15, -0.1) is 0 Å². The van der Waals surface area contributed by atoms with Gasteiger partial charge in [-0.25, -0.2) is 0 Å². The van der Waals surface area contributed by atoms with Gasteiger partial charge < -0.3 is 14.2 Å². The molecule has 0 unspecified atom stereocenters. The number of fused-ring (bicyclic) bond motifs is 1. The first-order valence-corrected chi connectivity index (χ1v) is 12.3. The highest BCUT2D eigenvalue weighted by Gasteiger charge is 2.37. The van der Waals surface area contributed by atoms with Crippen LogP contribution in [0.25, 0.3) is 6.08 Å². The number of amides is 1. The van der Waals surface area contributed by atoms with Crippen molar-refractivity contribution in [3.8, 4) is 17.2 Å². The molecule has 9 heteroatoms. The zero-order valence-corrected chi connectivity index (χ0v) is 20.8. The molecular weight excluding hydrogens is 464 g/mol. The summed E-state index contributed by atoms with van der Waals surface area (Å²) in [6.07, 6.45) is 3.57. The van der Waals surface area contributed by atoms with Gasteiger partial charge in [0.1, 0.15) is 24.0 Å². The number of carbonyl (C=O) groups is 1. The summed E-state index contributed by atoms with van der Waals surface area (Å²) in [5.74, 6) is 1.94. The first-order valence-electron chi connectivity index (χ1n) is 11.5. The summed E-state index contributed by atoms with van der Waals surface area (Å²) in [5.41, 5.74) is 0.980. The molecule has 0 aromatic heterocycles. The summed E-state index contributed by atoms with van der Waals surface area (Å²) >= 11 is 1.38. The zero-order chi connectivity index (χ0) is 24.8. The van der Waals surface area contributed by atoms with E-state index in [9.17, 15) is 4.79 Å². The number of hydrogen-bond acceptors (Lipinski definition) is 7. The van der Waals surface area contributed by atoms with Gasteiger partial charge in [0.05, 0.1) is 12.7 Å². The lowest BCUT2D eigenvalue weighted by atomic mass is 10.1. The van der Waals surface area contributed by atoms with Gasteiger partial charge in [0, 0.05) is 5.92 Å². The van der Waals surface area contributed by atoms with Crippen LogP contribution in [0.3, 0.4) is 0 Å². The van der Waals surface area contributed by atoms with Gasteiger partial charge in [0.2, 0.25) is 5.17 Å². The molecule has 182 valence electrons. The van der Waals surface area contributed by atoms with E-state index < -0.39 is 5.91 Å². The van der Waals surface area contributed by atoms with Gasteiger partial charge in [-0.05, 0) is 60.5 Å². The molecule has 0 radical (unpaired) electrons. The first kappa shape index (κ1) is 24.5. The minimum atomic E-state index is -0.427. The van der Waals surface area contributed by atoms with Gasteiger partial charge >= 0.3 is 0 Å². The van der Waals surface area contributed by atoms with E-state index in [0.29, 0.717) is 41.5 Å². The Balaban J connectivity index is 1.37. The van der Waals surface area contributed by atoms with Crippen LogP contribution in [-0.2, 0) is 4.79 Å². The summed E-state index contributed by atoms with van der Waals surface area (Å²) < 4.78 is 16.7. The minimum Gasteiger partial charge on any atom is -0.493 e. The summed E-state index contributed by atoms with van der Waals surface area (Å²) in [4.78, 5) is 16.8. The van der Waals surface area contributed by atoms with E-state index in [2.05, 4.69) is 23.9 Å². The van der Waals surface area contributed by atoms with Crippen molar-refractivity contribution in [2.75, 3.05) is 20.3 Å². The summed E-state index contributed by atoms with van der Waals surface area (Å²) in [6, 6.07) is 14.8. The average Bonchev–Trinajstić information content (AvgIpc) is 3.30. The molecule has 2 aliphatic heterocycles. The molecule has 2 aromatic carbocycles. The van der Waals surface area contributed by atoms with Gasteiger partial charge in [0.15, 0.2) is 17.3 Å². The van der Waals surface area contributed by atoms with Crippen LogP contribution in [0.5, 0.6) is 17.2 Å².